The van der Waals surface area contributed by atoms with Gasteiger partial charge in [0.05, 0.1) is 0 Å². The molecule has 26 heavy (non-hydrogen) atoms. The first-order valence-electron chi connectivity index (χ1n) is 9.84. The summed E-state index contributed by atoms with van der Waals surface area (Å²) in [6, 6.07) is 21.7. The van der Waals surface area contributed by atoms with Crippen LogP contribution in [-0.2, 0) is 11.2 Å². The normalized spacial score (nSPS) is 17.0. The van der Waals surface area contributed by atoms with Gasteiger partial charge >= 0.3 is 0 Å². The quantitative estimate of drug-likeness (QED) is 0.764. The van der Waals surface area contributed by atoms with Crippen molar-refractivity contribution in [3.8, 4) is 0 Å². The highest BCUT2D eigenvalue weighted by atomic mass is 16.2. The summed E-state index contributed by atoms with van der Waals surface area (Å²) in [5.41, 5.74) is 2.43. The van der Waals surface area contributed by atoms with Gasteiger partial charge in [-0.3, -0.25) is 4.79 Å². The van der Waals surface area contributed by atoms with Crippen molar-refractivity contribution in [3.63, 3.8) is 0 Å². The minimum absolute atomic E-state index is 0.229. The van der Waals surface area contributed by atoms with E-state index in [0.717, 1.165) is 38.0 Å². The molecule has 0 spiro atoms. The lowest BCUT2D eigenvalue weighted by atomic mass is 9.98. The van der Waals surface area contributed by atoms with Crippen LogP contribution in [0.1, 0.15) is 38.7 Å². The Morgan fingerprint density at radius 2 is 1.62 bits per heavy atom. The number of carbonyl (C=O) groups is 1. The van der Waals surface area contributed by atoms with E-state index >= 15 is 0 Å². The van der Waals surface area contributed by atoms with Crippen LogP contribution in [0.15, 0.2) is 60.7 Å². The third kappa shape index (κ3) is 4.53. The number of benzene rings is 2. The van der Waals surface area contributed by atoms with Crippen LogP contribution in [-0.4, -0.2) is 36.0 Å². The molecule has 2 aromatic carbocycles. The van der Waals surface area contributed by atoms with Crippen LogP contribution < -0.4 is 4.90 Å². The van der Waals surface area contributed by atoms with Gasteiger partial charge < -0.3 is 9.80 Å². The second kappa shape index (κ2) is 9.00. The van der Waals surface area contributed by atoms with Gasteiger partial charge in [-0.05, 0) is 43.9 Å². The molecule has 1 saturated heterocycles. The molecule has 0 N–H and O–H groups in total. The molecule has 1 heterocycles. The van der Waals surface area contributed by atoms with Crippen molar-refractivity contribution in [1.82, 2.24) is 4.90 Å². The first-order chi connectivity index (χ1) is 12.7. The summed E-state index contributed by atoms with van der Waals surface area (Å²) in [6.45, 7) is 6.38. The summed E-state index contributed by atoms with van der Waals surface area (Å²) in [5, 5.41) is 0. The van der Waals surface area contributed by atoms with E-state index in [1.54, 1.807) is 0 Å². The van der Waals surface area contributed by atoms with Crippen LogP contribution in [0.25, 0.3) is 0 Å². The van der Waals surface area contributed by atoms with E-state index in [4.69, 9.17) is 0 Å². The number of para-hydroxylation sites is 1. The standard InChI is InChI=1S/C23H30N2O/c1-3-23(26)25(21-12-8-5-9-13-21)22-14-16-24(17-15-22)19(2)18-20-10-6-4-7-11-20/h4-13,19,22H,3,14-18H2,1-2H3/t19-/m0/s1. The molecule has 1 atom stereocenters. The minimum Gasteiger partial charge on any atom is -0.309 e. The van der Waals surface area contributed by atoms with Crippen molar-refractivity contribution in [2.45, 2.75) is 51.6 Å². The monoisotopic (exact) mass is 350 g/mol. The number of amides is 1. The summed E-state index contributed by atoms with van der Waals surface area (Å²) in [4.78, 5) is 17.2. The Bertz CT molecular complexity index is 678. The Hall–Kier alpha value is -2.13. The Balaban J connectivity index is 1.62. The molecule has 1 amide bonds. The Morgan fingerprint density at radius 1 is 1.04 bits per heavy atom. The lowest BCUT2D eigenvalue weighted by Crippen LogP contribution is -2.49. The average molecular weight is 351 g/mol. The summed E-state index contributed by atoms with van der Waals surface area (Å²) in [7, 11) is 0. The van der Waals surface area contributed by atoms with Crippen LogP contribution in [0.5, 0.6) is 0 Å². The smallest absolute Gasteiger partial charge is 0.226 e. The molecule has 0 saturated carbocycles. The topological polar surface area (TPSA) is 23.6 Å². The predicted molar refractivity (Wildman–Crippen MR) is 108 cm³/mol. The maximum absolute atomic E-state index is 12.6. The molecule has 1 fully saturated rings. The second-order valence-corrected chi connectivity index (χ2v) is 7.26. The summed E-state index contributed by atoms with van der Waals surface area (Å²) >= 11 is 0. The van der Waals surface area contributed by atoms with Crippen molar-refractivity contribution in [3.05, 3.63) is 66.2 Å². The molecule has 138 valence electrons. The number of anilines is 1. The predicted octanol–water partition coefficient (Wildman–Crippen LogP) is 4.53. The molecule has 3 nitrogen and oxygen atoms in total. The van der Waals surface area contributed by atoms with E-state index in [0.29, 0.717) is 18.5 Å². The van der Waals surface area contributed by atoms with Crippen LogP contribution in [0.4, 0.5) is 5.69 Å². The third-order valence-electron chi connectivity index (χ3n) is 5.47. The first-order valence-corrected chi connectivity index (χ1v) is 9.84. The van der Waals surface area contributed by atoms with Gasteiger partial charge in [0.15, 0.2) is 0 Å². The van der Waals surface area contributed by atoms with Gasteiger partial charge in [-0.2, -0.15) is 0 Å². The molecule has 1 aliphatic rings. The van der Waals surface area contributed by atoms with Crippen molar-refractivity contribution in [2.75, 3.05) is 18.0 Å². The summed E-state index contributed by atoms with van der Waals surface area (Å²) in [6.07, 6.45) is 3.72. The van der Waals surface area contributed by atoms with E-state index < -0.39 is 0 Å². The summed E-state index contributed by atoms with van der Waals surface area (Å²) in [5.74, 6) is 0.229. The van der Waals surface area contributed by atoms with Crippen LogP contribution in [0.3, 0.4) is 0 Å². The van der Waals surface area contributed by atoms with Crippen LogP contribution in [0, 0.1) is 0 Å². The molecule has 0 aliphatic carbocycles. The zero-order valence-electron chi connectivity index (χ0n) is 16.0. The van der Waals surface area contributed by atoms with E-state index in [1.165, 1.54) is 5.56 Å². The number of nitrogens with zero attached hydrogens (tertiary/aromatic N) is 2. The van der Waals surface area contributed by atoms with Crippen molar-refractivity contribution >= 4 is 11.6 Å². The van der Waals surface area contributed by atoms with Gasteiger partial charge in [0.1, 0.15) is 0 Å². The van der Waals surface area contributed by atoms with Crippen molar-refractivity contribution < 1.29 is 4.79 Å². The molecular weight excluding hydrogens is 320 g/mol. The number of hydrogen-bond donors (Lipinski definition) is 0. The van der Waals surface area contributed by atoms with Crippen molar-refractivity contribution in [1.29, 1.82) is 0 Å². The van der Waals surface area contributed by atoms with Gasteiger partial charge in [0.2, 0.25) is 5.91 Å². The SMILES string of the molecule is CCC(=O)N(c1ccccc1)C1CCN([C@@H](C)Cc2ccccc2)CC1. The maximum atomic E-state index is 12.6. The second-order valence-electron chi connectivity index (χ2n) is 7.26. The van der Waals surface area contributed by atoms with Gasteiger partial charge in [-0.25, -0.2) is 0 Å². The zero-order chi connectivity index (χ0) is 18.4. The molecule has 3 rings (SSSR count). The number of likely N-dealkylation sites (tertiary alicyclic amines) is 1. The van der Waals surface area contributed by atoms with Crippen LogP contribution in [0.2, 0.25) is 0 Å². The van der Waals surface area contributed by atoms with Crippen LogP contribution >= 0.6 is 0 Å². The van der Waals surface area contributed by atoms with Crippen molar-refractivity contribution in [2.24, 2.45) is 0 Å². The number of rotatable bonds is 6. The Morgan fingerprint density at radius 3 is 2.19 bits per heavy atom. The number of piperidine rings is 1. The minimum atomic E-state index is 0.229. The molecule has 0 unspecified atom stereocenters. The highest BCUT2D eigenvalue weighted by Gasteiger charge is 2.29. The fourth-order valence-corrected chi connectivity index (χ4v) is 3.99. The van der Waals surface area contributed by atoms with E-state index in [9.17, 15) is 4.79 Å². The largest absolute Gasteiger partial charge is 0.309 e. The average Bonchev–Trinajstić information content (AvgIpc) is 2.70. The van der Waals surface area contributed by atoms with Gasteiger partial charge in [-0.1, -0.05) is 55.5 Å². The van der Waals surface area contributed by atoms with Gasteiger partial charge in [0, 0.05) is 37.3 Å². The maximum Gasteiger partial charge on any atom is 0.226 e. The summed E-state index contributed by atoms with van der Waals surface area (Å²) < 4.78 is 0. The molecule has 0 bridgehead atoms. The lowest BCUT2D eigenvalue weighted by molar-refractivity contribution is -0.119. The zero-order valence-corrected chi connectivity index (χ0v) is 16.0. The highest BCUT2D eigenvalue weighted by Crippen LogP contribution is 2.25. The lowest BCUT2D eigenvalue weighted by Gasteiger charge is -2.40. The fourth-order valence-electron chi connectivity index (χ4n) is 3.99. The number of hydrogen-bond acceptors (Lipinski definition) is 2. The molecule has 0 radical (unpaired) electrons. The van der Waals surface area contributed by atoms with E-state index in [1.807, 2.05) is 30.0 Å². The van der Waals surface area contributed by atoms with E-state index in [-0.39, 0.29) is 5.91 Å². The Labute approximate surface area is 157 Å². The highest BCUT2D eigenvalue weighted by molar-refractivity contribution is 5.93. The molecule has 3 heteroatoms. The number of carbonyl (C=O) groups excluding carboxylic acids is 1. The first kappa shape index (κ1) is 18.7. The molecule has 2 aromatic rings. The van der Waals surface area contributed by atoms with Gasteiger partial charge in [0.25, 0.3) is 0 Å². The third-order valence-corrected chi connectivity index (χ3v) is 5.47. The molecule has 1 aliphatic heterocycles. The molecular formula is C23H30N2O. The Kier molecular flexibility index (Phi) is 6.45. The molecule has 0 aromatic heterocycles. The van der Waals surface area contributed by atoms with Gasteiger partial charge in [-0.15, -0.1) is 0 Å². The fraction of sp³-hybridized carbons (Fsp3) is 0.435. The van der Waals surface area contributed by atoms with E-state index in [2.05, 4.69) is 54.3 Å².